The van der Waals surface area contributed by atoms with Crippen LogP contribution in [-0.2, 0) is 19.9 Å². The fraction of sp³-hybridized carbons (Fsp3) is 0.150. The number of halogens is 2. The third kappa shape index (κ3) is 4.63. The Morgan fingerprint density at radius 1 is 0.967 bits per heavy atom. The van der Waals surface area contributed by atoms with E-state index in [1.165, 1.54) is 24.3 Å². The minimum atomic E-state index is -4.30. The standard InChI is InChI=1S/C20H18ClFN2O4S2/c1-13(2)14-6-8-17(9-7-14)30(27,28)24-20-19(10-15(21)12-23-20)29(25,26)18-5-3-4-16(22)11-18/h3-13H,1-2H3,(H,23,24). The van der Waals surface area contributed by atoms with Gasteiger partial charge in [0.15, 0.2) is 5.82 Å². The second-order valence-electron chi connectivity index (χ2n) is 6.79. The summed E-state index contributed by atoms with van der Waals surface area (Å²) >= 11 is 5.90. The predicted octanol–water partition coefficient (Wildman–Crippen LogP) is 4.63. The molecule has 0 amide bonds. The molecule has 0 bridgehead atoms. The summed E-state index contributed by atoms with van der Waals surface area (Å²) in [5.74, 6) is -0.967. The van der Waals surface area contributed by atoms with Crippen molar-refractivity contribution in [2.24, 2.45) is 0 Å². The second-order valence-corrected chi connectivity index (χ2v) is 10.8. The van der Waals surface area contributed by atoms with Gasteiger partial charge < -0.3 is 0 Å². The lowest BCUT2D eigenvalue weighted by atomic mass is 10.0. The lowest BCUT2D eigenvalue weighted by Gasteiger charge is -2.13. The Morgan fingerprint density at radius 2 is 1.63 bits per heavy atom. The van der Waals surface area contributed by atoms with E-state index in [0.717, 1.165) is 30.0 Å². The number of anilines is 1. The minimum absolute atomic E-state index is 0.0192. The van der Waals surface area contributed by atoms with E-state index in [0.29, 0.717) is 0 Å². The van der Waals surface area contributed by atoms with Crippen molar-refractivity contribution >= 4 is 37.3 Å². The van der Waals surface area contributed by atoms with Gasteiger partial charge in [-0.25, -0.2) is 26.2 Å². The summed E-state index contributed by atoms with van der Waals surface area (Å²) in [6.07, 6.45) is 1.12. The molecule has 158 valence electrons. The van der Waals surface area contributed by atoms with Gasteiger partial charge in [0.05, 0.1) is 14.8 Å². The smallest absolute Gasteiger partial charge is 0.262 e. The number of sulfone groups is 1. The number of hydrogen-bond donors (Lipinski definition) is 1. The van der Waals surface area contributed by atoms with Gasteiger partial charge in [0.1, 0.15) is 10.7 Å². The average Bonchev–Trinajstić information content (AvgIpc) is 2.69. The number of benzene rings is 2. The van der Waals surface area contributed by atoms with E-state index in [9.17, 15) is 21.2 Å². The van der Waals surface area contributed by atoms with E-state index < -0.39 is 36.4 Å². The van der Waals surface area contributed by atoms with Gasteiger partial charge in [0.25, 0.3) is 10.0 Å². The van der Waals surface area contributed by atoms with Gasteiger partial charge in [-0.2, -0.15) is 0 Å². The van der Waals surface area contributed by atoms with Crippen molar-refractivity contribution in [3.05, 3.63) is 77.2 Å². The number of aromatic nitrogens is 1. The van der Waals surface area contributed by atoms with Crippen molar-refractivity contribution < 1.29 is 21.2 Å². The van der Waals surface area contributed by atoms with E-state index in [4.69, 9.17) is 11.6 Å². The lowest BCUT2D eigenvalue weighted by molar-refractivity contribution is 0.590. The number of nitrogens with zero attached hydrogens (tertiary/aromatic N) is 1. The molecule has 0 atom stereocenters. The molecule has 2 aromatic carbocycles. The molecule has 0 aliphatic rings. The Morgan fingerprint density at radius 3 is 2.23 bits per heavy atom. The van der Waals surface area contributed by atoms with Crippen LogP contribution in [-0.4, -0.2) is 21.8 Å². The topological polar surface area (TPSA) is 93.2 Å². The highest BCUT2D eigenvalue weighted by molar-refractivity contribution is 7.93. The first-order valence-corrected chi connectivity index (χ1v) is 12.1. The van der Waals surface area contributed by atoms with E-state index in [2.05, 4.69) is 9.71 Å². The Hall–Kier alpha value is -2.49. The van der Waals surface area contributed by atoms with Crippen LogP contribution in [0.5, 0.6) is 0 Å². The van der Waals surface area contributed by atoms with Crippen LogP contribution in [0.2, 0.25) is 5.02 Å². The quantitative estimate of drug-likeness (QED) is 0.569. The molecule has 0 unspecified atom stereocenters. The molecule has 0 saturated heterocycles. The van der Waals surface area contributed by atoms with Crippen molar-refractivity contribution in [2.45, 2.75) is 34.5 Å². The van der Waals surface area contributed by atoms with Crippen LogP contribution < -0.4 is 4.72 Å². The summed E-state index contributed by atoms with van der Waals surface area (Å²) in [5, 5.41) is -0.0192. The first-order chi connectivity index (χ1) is 14.0. The maximum absolute atomic E-state index is 13.6. The van der Waals surface area contributed by atoms with E-state index in [1.54, 1.807) is 12.1 Å². The second kappa shape index (κ2) is 8.33. The van der Waals surface area contributed by atoms with E-state index in [-0.39, 0.29) is 20.7 Å². The van der Waals surface area contributed by atoms with Crippen molar-refractivity contribution in [1.29, 1.82) is 0 Å². The van der Waals surface area contributed by atoms with E-state index >= 15 is 0 Å². The number of sulfonamides is 1. The molecule has 0 saturated carbocycles. The molecule has 1 aromatic heterocycles. The zero-order valence-electron chi connectivity index (χ0n) is 16.0. The molecular formula is C20H18ClFN2O4S2. The predicted molar refractivity (Wildman–Crippen MR) is 112 cm³/mol. The van der Waals surface area contributed by atoms with Crippen molar-refractivity contribution in [2.75, 3.05) is 4.72 Å². The maximum Gasteiger partial charge on any atom is 0.263 e. The third-order valence-electron chi connectivity index (χ3n) is 4.30. The molecular weight excluding hydrogens is 451 g/mol. The highest BCUT2D eigenvalue weighted by Gasteiger charge is 2.26. The van der Waals surface area contributed by atoms with Gasteiger partial charge in [-0.15, -0.1) is 0 Å². The molecule has 0 spiro atoms. The third-order valence-corrected chi connectivity index (χ3v) is 7.63. The zero-order valence-corrected chi connectivity index (χ0v) is 18.4. The molecule has 30 heavy (non-hydrogen) atoms. The zero-order chi connectivity index (χ0) is 22.1. The Kier molecular flexibility index (Phi) is 6.16. The van der Waals surface area contributed by atoms with Gasteiger partial charge in [-0.3, -0.25) is 4.72 Å². The number of nitrogens with one attached hydrogen (secondary N) is 1. The summed E-state index contributed by atoms with van der Waals surface area (Å²) in [6, 6.07) is 11.6. The van der Waals surface area contributed by atoms with Gasteiger partial charge >= 0.3 is 0 Å². The number of hydrogen-bond acceptors (Lipinski definition) is 5. The molecule has 0 radical (unpaired) electrons. The monoisotopic (exact) mass is 468 g/mol. The SMILES string of the molecule is CC(C)c1ccc(S(=O)(=O)Nc2ncc(Cl)cc2S(=O)(=O)c2cccc(F)c2)cc1. The molecule has 3 aromatic rings. The number of rotatable bonds is 6. The molecule has 10 heteroatoms. The minimum Gasteiger partial charge on any atom is -0.262 e. The van der Waals surface area contributed by atoms with Crippen LogP contribution in [0.3, 0.4) is 0 Å². The van der Waals surface area contributed by atoms with E-state index in [1.807, 2.05) is 13.8 Å². The highest BCUT2D eigenvalue weighted by Crippen LogP contribution is 2.30. The summed E-state index contributed by atoms with van der Waals surface area (Å²) in [4.78, 5) is 2.96. The van der Waals surface area contributed by atoms with Gasteiger partial charge in [0, 0.05) is 6.20 Å². The van der Waals surface area contributed by atoms with Crippen molar-refractivity contribution in [3.63, 3.8) is 0 Å². The van der Waals surface area contributed by atoms with Crippen LogP contribution in [0, 0.1) is 5.82 Å². The number of pyridine rings is 1. The molecule has 3 rings (SSSR count). The van der Waals surface area contributed by atoms with Crippen LogP contribution in [0.1, 0.15) is 25.3 Å². The summed E-state index contributed by atoms with van der Waals surface area (Å²) < 4.78 is 67.4. The molecule has 0 aliphatic carbocycles. The average molecular weight is 469 g/mol. The van der Waals surface area contributed by atoms with Crippen molar-refractivity contribution in [1.82, 2.24) is 4.98 Å². The normalized spacial score (nSPS) is 12.2. The molecule has 1 heterocycles. The van der Waals surface area contributed by atoms with Gasteiger partial charge in [-0.1, -0.05) is 43.6 Å². The molecule has 0 fully saturated rings. The maximum atomic E-state index is 13.6. The molecule has 6 nitrogen and oxygen atoms in total. The summed E-state index contributed by atoms with van der Waals surface area (Å²) in [6.45, 7) is 3.95. The van der Waals surface area contributed by atoms with Crippen LogP contribution in [0.25, 0.3) is 0 Å². The summed E-state index contributed by atoms with van der Waals surface area (Å²) in [5.41, 5.74) is 0.952. The fourth-order valence-electron chi connectivity index (χ4n) is 2.68. The van der Waals surface area contributed by atoms with Crippen molar-refractivity contribution in [3.8, 4) is 0 Å². The lowest BCUT2D eigenvalue weighted by Crippen LogP contribution is -2.17. The largest absolute Gasteiger partial charge is 0.263 e. The van der Waals surface area contributed by atoms with Gasteiger partial charge in [0.2, 0.25) is 9.84 Å². The Bertz CT molecular complexity index is 1290. The van der Waals surface area contributed by atoms with Crippen LogP contribution in [0.4, 0.5) is 10.2 Å². The first kappa shape index (κ1) is 22.2. The molecule has 0 aliphatic heterocycles. The summed E-state index contributed by atoms with van der Waals surface area (Å²) in [7, 11) is -8.44. The fourth-order valence-corrected chi connectivity index (χ4v) is 5.42. The Balaban J connectivity index is 2.05. The molecule has 1 N–H and O–H groups in total. The highest BCUT2D eigenvalue weighted by atomic mass is 35.5. The Labute approximate surface area is 179 Å². The first-order valence-electron chi connectivity index (χ1n) is 8.80. The van der Waals surface area contributed by atoms with Crippen LogP contribution >= 0.6 is 11.6 Å². The van der Waals surface area contributed by atoms with Gasteiger partial charge in [-0.05, 0) is 47.9 Å². The van der Waals surface area contributed by atoms with Crippen LogP contribution in [0.15, 0.2) is 75.5 Å².